The molecular weight excluding hydrogens is 447 g/mol. The first kappa shape index (κ1) is 23.2. The molecule has 34 heavy (non-hydrogen) atoms. The van der Waals surface area contributed by atoms with E-state index in [1.54, 1.807) is 43.5 Å². The first-order valence-electron chi connectivity index (χ1n) is 10.2. The standard InChI is InChI=1S/C25H20F3N3O3/c1-15-6-7-17(11-22(15)25(26,27)28)31-24(32)21-5-3-4-16-10-19(8-9-20(16)21)34-23-12-18(13-33-2)29-14-30-23/h3-12,14H,13H2,1-2H3,(H,31,32). The third kappa shape index (κ3) is 5.15. The van der Waals surface area contributed by atoms with Gasteiger partial charge in [-0.3, -0.25) is 4.79 Å². The van der Waals surface area contributed by atoms with E-state index >= 15 is 0 Å². The van der Waals surface area contributed by atoms with Gasteiger partial charge in [0, 0.05) is 24.4 Å². The second kappa shape index (κ2) is 9.48. The average Bonchev–Trinajstić information content (AvgIpc) is 2.79. The van der Waals surface area contributed by atoms with Gasteiger partial charge in [0.25, 0.3) is 5.91 Å². The van der Waals surface area contributed by atoms with E-state index in [2.05, 4.69) is 15.3 Å². The molecule has 6 nitrogen and oxygen atoms in total. The summed E-state index contributed by atoms with van der Waals surface area (Å²) in [5.41, 5.74) is 0.347. The normalized spacial score (nSPS) is 11.4. The summed E-state index contributed by atoms with van der Waals surface area (Å²) < 4.78 is 50.5. The van der Waals surface area contributed by atoms with E-state index in [-0.39, 0.29) is 11.3 Å². The Bertz CT molecular complexity index is 1360. The minimum atomic E-state index is -4.51. The molecule has 0 aliphatic carbocycles. The minimum absolute atomic E-state index is 0.0653. The van der Waals surface area contributed by atoms with Crippen LogP contribution in [0.2, 0.25) is 0 Å². The third-order valence-electron chi connectivity index (χ3n) is 5.11. The number of amides is 1. The number of aromatic nitrogens is 2. The van der Waals surface area contributed by atoms with E-state index in [0.29, 0.717) is 34.9 Å². The van der Waals surface area contributed by atoms with Crippen molar-refractivity contribution in [2.75, 3.05) is 12.4 Å². The first-order chi connectivity index (χ1) is 16.2. The number of hydrogen-bond acceptors (Lipinski definition) is 5. The number of nitrogens with zero attached hydrogens (tertiary/aromatic N) is 2. The fraction of sp³-hybridized carbons (Fsp3) is 0.160. The Balaban J connectivity index is 1.58. The van der Waals surface area contributed by atoms with Crippen molar-refractivity contribution in [3.8, 4) is 11.6 Å². The highest BCUT2D eigenvalue weighted by Crippen LogP contribution is 2.34. The van der Waals surface area contributed by atoms with E-state index in [1.807, 2.05) is 6.07 Å². The quantitative estimate of drug-likeness (QED) is 0.368. The van der Waals surface area contributed by atoms with Gasteiger partial charge in [-0.05, 0) is 59.7 Å². The summed E-state index contributed by atoms with van der Waals surface area (Å²) in [7, 11) is 1.56. The molecule has 0 atom stereocenters. The fourth-order valence-electron chi connectivity index (χ4n) is 3.51. The molecule has 1 heterocycles. The summed E-state index contributed by atoms with van der Waals surface area (Å²) in [6.07, 6.45) is -3.13. The van der Waals surface area contributed by atoms with E-state index in [9.17, 15) is 18.0 Å². The molecule has 0 saturated heterocycles. The maximum atomic E-state index is 13.2. The molecule has 1 aromatic heterocycles. The number of nitrogens with one attached hydrogen (secondary N) is 1. The van der Waals surface area contributed by atoms with Gasteiger partial charge < -0.3 is 14.8 Å². The largest absolute Gasteiger partial charge is 0.439 e. The van der Waals surface area contributed by atoms with Gasteiger partial charge in [-0.2, -0.15) is 13.2 Å². The second-order valence-electron chi connectivity index (χ2n) is 7.55. The van der Waals surface area contributed by atoms with Crippen LogP contribution in [0.25, 0.3) is 10.8 Å². The highest BCUT2D eigenvalue weighted by Gasteiger charge is 2.32. The predicted octanol–water partition coefficient (Wildman–Crippen LogP) is 6.15. The van der Waals surface area contributed by atoms with Crippen molar-refractivity contribution in [3.05, 3.63) is 89.4 Å². The number of ether oxygens (including phenoxy) is 2. The molecule has 9 heteroatoms. The molecule has 0 saturated carbocycles. The third-order valence-corrected chi connectivity index (χ3v) is 5.11. The van der Waals surface area contributed by atoms with Crippen LogP contribution in [0.15, 0.2) is 67.0 Å². The number of hydrogen-bond donors (Lipinski definition) is 1. The molecule has 0 aliphatic heterocycles. The topological polar surface area (TPSA) is 73.3 Å². The molecule has 1 N–H and O–H groups in total. The van der Waals surface area contributed by atoms with Crippen LogP contribution < -0.4 is 10.1 Å². The summed E-state index contributed by atoms with van der Waals surface area (Å²) >= 11 is 0. The fourth-order valence-corrected chi connectivity index (χ4v) is 3.51. The van der Waals surface area contributed by atoms with Crippen molar-refractivity contribution in [1.82, 2.24) is 9.97 Å². The van der Waals surface area contributed by atoms with E-state index < -0.39 is 17.6 Å². The lowest BCUT2D eigenvalue weighted by atomic mass is 10.0. The molecule has 0 bridgehead atoms. The van der Waals surface area contributed by atoms with Crippen LogP contribution in [0.4, 0.5) is 18.9 Å². The Morgan fingerprint density at radius 1 is 1.03 bits per heavy atom. The van der Waals surface area contributed by atoms with E-state index in [0.717, 1.165) is 11.5 Å². The van der Waals surface area contributed by atoms with Crippen LogP contribution in [0.3, 0.4) is 0 Å². The van der Waals surface area contributed by atoms with Crippen LogP contribution in [0, 0.1) is 6.92 Å². The summed E-state index contributed by atoms with van der Waals surface area (Å²) in [4.78, 5) is 21.1. The number of anilines is 1. The average molecular weight is 467 g/mol. The minimum Gasteiger partial charge on any atom is -0.439 e. The zero-order valence-corrected chi connectivity index (χ0v) is 18.3. The van der Waals surface area contributed by atoms with Gasteiger partial charge in [-0.25, -0.2) is 9.97 Å². The van der Waals surface area contributed by atoms with Crippen molar-refractivity contribution in [2.24, 2.45) is 0 Å². The lowest BCUT2D eigenvalue weighted by Crippen LogP contribution is -2.14. The first-order valence-corrected chi connectivity index (χ1v) is 10.2. The smallest absolute Gasteiger partial charge is 0.416 e. The molecule has 0 aliphatic rings. The van der Waals surface area contributed by atoms with Crippen molar-refractivity contribution in [1.29, 1.82) is 0 Å². The van der Waals surface area contributed by atoms with Crippen molar-refractivity contribution in [2.45, 2.75) is 19.7 Å². The number of alkyl halides is 3. The van der Waals surface area contributed by atoms with Crippen molar-refractivity contribution < 1.29 is 27.4 Å². The van der Waals surface area contributed by atoms with Gasteiger partial charge in [0.05, 0.1) is 17.9 Å². The lowest BCUT2D eigenvalue weighted by molar-refractivity contribution is -0.138. The molecular formula is C25H20F3N3O3. The van der Waals surface area contributed by atoms with Gasteiger partial charge in [0.2, 0.25) is 5.88 Å². The second-order valence-corrected chi connectivity index (χ2v) is 7.55. The number of benzene rings is 3. The van der Waals surface area contributed by atoms with Gasteiger partial charge >= 0.3 is 6.18 Å². The van der Waals surface area contributed by atoms with Gasteiger partial charge in [-0.15, -0.1) is 0 Å². The Labute approximate surface area is 193 Å². The summed E-state index contributed by atoms with van der Waals surface area (Å²) in [6.45, 7) is 1.69. The highest BCUT2D eigenvalue weighted by molar-refractivity contribution is 6.13. The SMILES string of the molecule is COCc1cc(Oc2ccc3c(C(=O)Nc4ccc(C)c(C(F)(F)F)c4)cccc3c2)ncn1. The maximum Gasteiger partial charge on any atom is 0.416 e. The van der Waals surface area contributed by atoms with Crippen LogP contribution in [0.5, 0.6) is 11.6 Å². The summed E-state index contributed by atoms with van der Waals surface area (Å²) in [6, 6.07) is 15.6. The zero-order chi connectivity index (χ0) is 24.3. The van der Waals surface area contributed by atoms with Gasteiger partial charge in [0.15, 0.2) is 0 Å². The van der Waals surface area contributed by atoms with Gasteiger partial charge in [-0.1, -0.05) is 18.2 Å². The molecule has 0 spiro atoms. The number of halogens is 3. The van der Waals surface area contributed by atoms with Crippen LogP contribution in [-0.2, 0) is 17.5 Å². The molecule has 0 fully saturated rings. The number of methoxy groups -OCH3 is 1. The molecule has 0 radical (unpaired) electrons. The maximum absolute atomic E-state index is 13.2. The van der Waals surface area contributed by atoms with Crippen LogP contribution in [-0.4, -0.2) is 23.0 Å². The number of carbonyl (C=O) groups excluding carboxylic acids is 1. The van der Waals surface area contributed by atoms with E-state index in [4.69, 9.17) is 9.47 Å². The Kier molecular flexibility index (Phi) is 6.47. The number of rotatable bonds is 6. The molecule has 4 rings (SSSR count). The molecule has 174 valence electrons. The molecule has 0 unspecified atom stereocenters. The van der Waals surface area contributed by atoms with Crippen LogP contribution >= 0.6 is 0 Å². The summed E-state index contributed by atoms with van der Waals surface area (Å²) in [5, 5.41) is 3.91. The zero-order valence-electron chi connectivity index (χ0n) is 18.3. The van der Waals surface area contributed by atoms with Crippen molar-refractivity contribution >= 4 is 22.4 Å². The van der Waals surface area contributed by atoms with Crippen LogP contribution in [0.1, 0.15) is 27.2 Å². The number of aryl methyl sites for hydroxylation is 1. The number of carbonyl (C=O) groups is 1. The monoisotopic (exact) mass is 467 g/mol. The Morgan fingerprint density at radius 2 is 1.85 bits per heavy atom. The lowest BCUT2D eigenvalue weighted by Gasteiger charge is -2.13. The van der Waals surface area contributed by atoms with Gasteiger partial charge in [0.1, 0.15) is 12.1 Å². The van der Waals surface area contributed by atoms with E-state index in [1.165, 1.54) is 25.4 Å². The molecule has 3 aromatic carbocycles. The Morgan fingerprint density at radius 3 is 2.62 bits per heavy atom. The number of fused-ring (bicyclic) bond motifs is 1. The summed E-state index contributed by atoms with van der Waals surface area (Å²) in [5.74, 6) is 0.326. The van der Waals surface area contributed by atoms with Crippen molar-refractivity contribution in [3.63, 3.8) is 0 Å². The molecule has 4 aromatic rings. The highest BCUT2D eigenvalue weighted by atomic mass is 19.4. The Hall–Kier alpha value is -3.98. The molecule has 1 amide bonds. The predicted molar refractivity (Wildman–Crippen MR) is 121 cm³/mol.